The molecule has 0 spiro atoms. The summed E-state index contributed by atoms with van der Waals surface area (Å²) in [6.07, 6.45) is 6.66. The van der Waals surface area contributed by atoms with Crippen LogP contribution in [-0.2, 0) is 11.2 Å². The van der Waals surface area contributed by atoms with Gasteiger partial charge in [-0.3, -0.25) is 4.79 Å². The van der Waals surface area contributed by atoms with Crippen LogP contribution in [-0.4, -0.2) is 28.8 Å². The van der Waals surface area contributed by atoms with Gasteiger partial charge in [0.15, 0.2) is 5.78 Å². The van der Waals surface area contributed by atoms with Gasteiger partial charge in [0.2, 0.25) is 11.6 Å². The fraction of sp³-hybridized carbons (Fsp3) is 0.231. The van der Waals surface area contributed by atoms with E-state index in [1.807, 2.05) is 42.5 Å². The minimum atomic E-state index is -0.0603. The molecule has 0 radical (unpaired) electrons. The van der Waals surface area contributed by atoms with Crippen LogP contribution in [0.4, 0.5) is 23.0 Å². The summed E-state index contributed by atoms with van der Waals surface area (Å²) in [5.74, 6) is 0.326. The first kappa shape index (κ1) is 22.5. The molecule has 1 N–H and O–H groups in total. The smallest absolute Gasteiger partial charge is 0.230 e. The van der Waals surface area contributed by atoms with E-state index in [0.717, 1.165) is 53.5 Å². The van der Waals surface area contributed by atoms with Gasteiger partial charge in [0.25, 0.3) is 0 Å². The van der Waals surface area contributed by atoms with Crippen LogP contribution in [0.5, 0.6) is 0 Å². The third kappa shape index (κ3) is 5.39. The number of ketones is 1. The fourth-order valence-electron chi connectivity index (χ4n) is 3.93. The molecule has 0 bridgehead atoms. The van der Waals surface area contributed by atoms with E-state index in [1.165, 1.54) is 18.7 Å². The third-order valence-electron chi connectivity index (χ3n) is 5.60. The molecule has 1 aliphatic rings. The molecule has 4 rings (SSSR count). The molecule has 7 heteroatoms. The van der Waals surface area contributed by atoms with Crippen LogP contribution in [0.1, 0.15) is 24.8 Å². The van der Waals surface area contributed by atoms with Crippen LogP contribution in [0, 0.1) is 6.57 Å². The maximum absolute atomic E-state index is 11.8. The Morgan fingerprint density at radius 3 is 2.79 bits per heavy atom. The number of halogens is 1. The highest BCUT2D eigenvalue weighted by Crippen LogP contribution is 2.33. The minimum Gasteiger partial charge on any atom is -0.370 e. The predicted octanol–water partition coefficient (Wildman–Crippen LogP) is 6.38. The number of rotatable bonds is 7. The monoisotopic (exact) mass is 457 g/mol. The Morgan fingerprint density at radius 1 is 1.21 bits per heavy atom. The molecule has 0 aliphatic carbocycles. The number of carbonyl (C=O) groups is 1. The molecule has 166 valence electrons. The quantitative estimate of drug-likeness (QED) is 0.329. The molecule has 2 aromatic carbocycles. The number of piperidine rings is 1. The first-order valence-corrected chi connectivity index (χ1v) is 11.3. The lowest BCUT2D eigenvalue weighted by molar-refractivity contribution is -0.114. The van der Waals surface area contributed by atoms with Crippen LogP contribution >= 0.6 is 11.6 Å². The van der Waals surface area contributed by atoms with Gasteiger partial charge in [-0.05, 0) is 54.7 Å². The van der Waals surface area contributed by atoms with E-state index in [9.17, 15) is 4.79 Å². The maximum atomic E-state index is 11.8. The van der Waals surface area contributed by atoms with E-state index in [2.05, 4.69) is 31.6 Å². The van der Waals surface area contributed by atoms with E-state index < -0.39 is 0 Å². The van der Waals surface area contributed by atoms with Crippen molar-refractivity contribution in [2.75, 3.05) is 23.3 Å². The van der Waals surface area contributed by atoms with Crippen molar-refractivity contribution in [2.24, 2.45) is 0 Å². The zero-order valence-electron chi connectivity index (χ0n) is 18.2. The molecule has 0 amide bonds. The number of aromatic nitrogens is 2. The topological polar surface area (TPSA) is 62.5 Å². The van der Waals surface area contributed by atoms with Gasteiger partial charge in [-0.25, -0.2) is 14.8 Å². The van der Waals surface area contributed by atoms with E-state index >= 15 is 0 Å². The Balaban J connectivity index is 1.63. The second-order valence-corrected chi connectivity index (χ2v) is 8.33. The average molecular weight is 458 g/mol. The van der Waals surface area contributed by atoms with Gasteiger partial charge in [0.05, 0.1) is 23.0 Å². The highest BCUT2D eigenvalue weighted by molar-refractivity contribution is 6.33. The zero-order valence-corrected chi connectivity index (χ0v) is 19.0. The van der Waals surface area contributed by atoms with Gasteiger partial charge in [0.1, 0.15) is 0 Å². The summed E-state index contributed by atoms with van der Waals surface area (Å²) < 4.78 is 0. The third-order valence-corrected chi connectivity index (χ3v) is 5.91. The average Bonchev–Trinajstić information content (AvgIpc) is 2.85. The molecular weight excluding hydrogens is 434 g/mol. The summed E-state index contributed by atoms with van der Waals surface area (Å²) >= 11 is 6.47. The molecule has 2 heterocycles. The molecule has 0 atom stereocenters. The molecule has 6 nitrogen and oxygen atoms in total. The van der Waals surface area contributed by atoms with Crippen molar-refractivity contribution in [3.8, 4) is 11.3 Å². The van der Waals surface area contributed by atoms with E-state index in [4.69, 9.17) is 18.2 Å². The van der Waals surface area contributed by atoms with Crippen molar-refractivity contribution in [3.63, 3.8) is 0 Å². The first-order valence-electron chi connectivity index (χ1n) is 10.9. The molecular formula is C26H24ClN5O. The standard InChI is InChI=1S/C26H24ClN5O/c1-3-21(33)15-18-8-7-9-19(14-18)25-23(28-2)17-29-26(31-25)30-20-10-11-22(27)24(16-20)32-12-5-4-6-13-32/h3,7-11,14,16-17H,1,4-6,12-13,15H2,(H,29,30,31). The normalized spacial score (nSPS) is 13.3. The Labute approximate surface area is 198 Å². The molecule has 33 heavy (non-hydrogen) atoms. The van der Waals surface area contributed by atoms with Crippen LogP contribution in [0.3, 0.4) is 0 Å². The lowest BCUT2D eigenvalue weighted by Crippen LogP contribution is -2.29. The largest absolute Gasteiger partial charge is 0.370 e. The molecule has 1 saturated heterocycles. The number of hydrogen-bond donors (Lipinski definition) is 1. The SMILES string of the molecule is [C-]#[N+]c1cnc(Nc2ccc(Cl)c(N3CCCCC3)c2)nc1-c1cccc(CC(=O)C=C)c1. The number of carbonyl (C=O) groups excluding carboxylic acids is 1. The molecule has 0 unspecified atom stereocenters. The fourth-order valence-corrected chi connectivity index (χ4v) is 4.17. The van der Waals surface area contributed by atoms with E-state index in [0.29, 0.717) is 17.3 Å². The van der Waals surface area contributed by atoms with Crippen molar-refractivity contribution in [2.45, 2.75) is 25.7 Å². The Hall–Kier alpha value is -3.69. The summed E-state index contributed by atoms with van der Waals surface area (Å²) in [4.78, 5) is 26.6. The number of nitrogens with zero attached hydrogens (tertiary/aromatic N) is 4. The summed E-state index contributed by atoms with van der Waals surface area (Å²) in [7, 11) is 0. The second kappa shape index (κ2) is 10.3. The van der Waals surface area contributed by atoms with Crippen LogP contribution < -0.4 is 10.2 Å². The molecule has 1 aliphatic heterocycles. The predicted molar refractivity (Wildman–Crippen MR) is 133 cm³/mol. The molecule has 3 aromatic rings. The van der Waals surface area contributed by atoms with Gasteiger partial charge in [0, 0.05) is 31.4 Å². The first-order chi connectivity index (χ1) is 16.1. The van der Waals surface area contributed by atoms with Gasteiger partial charge >= 0.3 is 0 Å². The molecule has 0 saturated carbocycles. The van der Waals surface area contributed by atoms with Gasteiger partial charge in [-0.1, -0.05) is 42.4 Å². The van der Waals surface area contributed by atoms with Crippen LogP contribution in [0.25, 0.3) is 16.1 Å². The highest BCUT2D eigenvalue weighted by Gasteiger charge is 2.16. The summed E-state index contributed by atoms with van der Waals surface area (Å²) in [6, 6.07) is 13.3. The Kier molecular flexibility index (Phi) is 7.01. The number of benzene rings is 2. The summed E-state index contributed by atoms with van der Waals surface area (Å²) in [5.41, 5.74) is 4.28. The molecule has 1 fully saturated rings. The lowest BCUT2D eigenvalue weighted by Gasteiger charge is -2.30. The number of allylic oxidation sites excluding steroid dienone is 1. The van der Waals surface area contributed by atoms with Crippen molar-refractivity contribution < 1.29 is 4.79 Å². The number of anilines is 3. The second-order valence-electron chi connectivity index (χ2n) is 7.93. The van der Waals surface area contributed by atoms with E-state index in [-0.39, 0.29) is 12.2 Å². The maximum Gasteiger partial charge on any atom is 0.230 e. The minimum absolute atomic E-state index is 0.0603. The Bertz CT molecular complexity index is 1230. The molecule has 1 aromatic heterocycles. The summed E-state index contributed by atoms with van der Waals surface area (Å²) in [5, 5.41) is 3.97. The zero-order chi connectivity index (χ0) is 23.2. The van der Waals surface area contributed by atoms with Crippen LogP contribution in [0.15, 0.2) is 61.3 Å². The Morgan fingerprint density at radius 2 is 2.03 bits per heavy atom. The number of hydrogen-bond acceptors (Lipinski definition) is 5. The van der Waals surface area contributed by atoms with Crippen molar-refractivity contribution >= 4 is 40.4 Å². The van der Waals surface area contributed by atoms with Crippen LogP contribution in [0.2, 0.25) is 5.02 Å². The highest BCUT2D eigenvalue weighted by atomic mass is 35.5. The van der Waals surface area contributed by atoms with Crippen molar-refractivity contribution in [1.82, 2.24) is 9.97 Å². The van der Waals surface area contributed by atoms with E-state index in [1.54, 1.807) is 0 Å². The van der Waals surface area contributed by atoms with Gasteiger partial charge in [-0.15, -0.1) is 0 Å². The number of nitrogens with one attached hydrogen (secondary N) is 1. The lowest BCUT2D eigenvalue weighted by atomic mass is 10.0. The summed E-state index contributed by atoms with van der Waals surface area (Å²) in [6.45, 7) is 13.0. The van der Waals surface area contributed by atoms with Gasteiger partial charge < -0.3 is 10.2 Å². The van der Waals surface area contributed by atoms with Gasteiger partial charge in [-0.2, -0.15) is 0 Å². The van der Waals surface area contributed by atoms with Crippen molar-refractivity contribution in [1.29, 1.82) is 0 Å². The van der Waals surface area contributed by atoms with Crippen molar-refractivity contribution in [3.05, 3.63) is 83.3 Å².